The average molecular weight is 362 g/mol. The van der Waals surface area contributed by atoms with Gasteiger partial charge in [-0.2, -0.15) is 0 Å². The van der Waals surface area contributed by atoms with Crippen LogP contribution in [0.3, 0.4) is 0 Å². The molecule has 1 aromatic heterocycles. The van der Waals surface area contributed by atoms with Crippen molar-refractivity contribution in [2.45, 2.75) is 26.2 Å². The van der Waals surface area contributed by atoms with Crippen LogP contribution in [-0.4, -0.2) is 53.6 Å². The maximum atomic E-state index is 12.3. The van der Waals surface area contributed by atoms with Gasteiger partial charge in [0.2, 0.25) is 5.91 Å². The molecular weight excluding hydrogens is 338 g/mol. The van der Waals surface area contributed by atoms with Crippen LogP contribution in [0.2, 0.25) is 5.02 Å². The molecule has 0 radical (unpaired) electrons. The summed E-state index contributed by atoms with van der Waals surface area (Å²) in [6.07, 6.45) is 2.46. The summed E-state index contributed by atoms with van der Waals surface area (Å²) in [5.74, 6) is 0.874. The number of hydrogen-bond acceptors (Lipinski definition) is 4. The zero-order valence-corrected chi connectivity index (χ0v) is 15.3. The van der Waals surface area contributed by atoms with Crippen LogP contribution < -0.4 is 0 Å². The van der Waals surface area contributed by atoms with Crippen molar-refractivity contribution < 1.29 is 9.32 Å². The Labute approximate surface area is 153 Å². The van der Waals surface area contributed by atoms with Crippen molar-refractivity contribution in [1.29, 1.82) is 0 Å². The van der Waals surface area contributed by atoms with Gasteiger partial charge in [-0.15, -0.1) is 0 Å². The maximum Gasteiger partial charge on any atom is 0.228 e. The van der Waals surface area contributed by atoms with E-state index in [1.165, 1.54) is 5.56 Å². The van der Waals surface area contributed by atoms with Gasteiger partial charge in [0, 0.05) is 37.3 Å². The number of carbonyl (C=O) groups excluding carboxylic acids is 1. The first-order valence-electron chi connectivity index (χ1n) is 8.77. The van der Waals surface area contributed by atoms with E-state index >= 15 is 0 Å². The molecule has 0 N–H and O–H groups in total. The number of aromatic nitrogens is 1. The van der Waals surface area contributed by atoms with Crippen LogP contribution in [0, 0.1) is 6.92 Å². The molecule has 1 aromatic carbocycles. The van der Waals surface area contributed by atoms with Crippen LogP contribution in [0.1, 0.15) is 23.4 Å². The van der Waals surface area contributed by atoms with Crippen molar-refractivity contribution in [2.75, 3.05) is 32.7 Å². The third-order valence-corrected chi connectivity index (χ3v) is 4.80. The predicted octanol–water partition coefficient (Wildman–Crippen LogP) is 2.96. The molecule has 1 amide bonds. The largest absolute Gasteiger partial charge is 0.361 e. The molecule has 6 heteroatoms. The van der Waals surface area contributed by atoms with Crippen molar-refractivity contribution >= 4 is 17.5 Å². The summed E-state index contributed by atoms with van der Waals surface area (Å²) in [5.41, 5.74) is 2.00. The highest BCUT2D eigenvalue weighted by Gasteiger charge is 2.21. The van der Waals surface area contributed by atoms with E-state index < -0.39 is 0 Å². The Bertz CT molecular complexity index is 708. The maximum absolute atomic E-state index is 12.3. The number of hydrogen-bond donors (Lipinski definition) is 0. The quantitative estimate of drug-likeness (QED) is 0.793. The summed E-state index contributed by atoms with van der Waals surface area (Å²) in [7, 11) is 0. The van der Waals surface area contributed by atoms with Gasteiger partial charge < -0.3 is 9.42 Å². The lowest BCUT2D eigenvalue weighted by Gasteiger charge is -2.34. The Morgan fingerprint density at radius 1 is 1.24 bits per heavy atom. The highest BCUT2D eigenvalue weighted by atomic mass is 35.5. The fourth-order valence-corrected chi connectivity index (χ4v) is 3.40. The zero-order chi connectivity index (χ0) is 17.6. The minimum Gasteiger partial charge on any atom is -0.361 e. The monoisotopic (exact) mass is 361 g/mol. The summed E-state index contributed by atoms with van der Waals surface area (Å²) >= 11 is 6.02. The SMILES string of the molecule is Cc1cc(CC(=O)N2CCN(CCCc3cccc(Cl)c3)CC2)no1. The van der Waals surface area contributed by atoms with Gasteiger partial charge in [0.15, 0.2) is 0 Å². The Morgan fingerprint density at radius 2 is 2.04 bits per heavy atom. The zero-order valence-electron chi connectivity index (χ0n) is 14.6. The molecule has 3 rings (SSSR count). The third kappa shape index (κ3) is 5.31. The van der Waals surface area contributed by atoms with Gasteiger partial charge in [-0.25, -0.2) is 0 Å². The van der Waals surface area contributed by atoms with E-state index in [9.17, 15) is 4.79 Å². The van der Waals surface area contributed by atoms with Crippen LogP contribution in [-0.2, 0) is 17.6 Å². The second kappa shape index (κ2) is 8.50. The van der Waals surface area contributed by atoms with E-state index in [0.717, 1.165) is 56.3 Å². The molecule has 25 heavy (non-hydrogen) atoms. The molecule has 2 aromatic rings. The molecule has 1 saturated heterocycles. The van der Waals surface area contributed by atoms with Crippen molar-refractivity contribution in [3.8, 4) is 0 Å². The van der Waals surface area contributed by atoms with Crippen molar-refractivity contribution in [1.82, 2.24) is 15.0 Å². The van der Waals surface area contributed by atoms with Crippen LogP contribution in [0.15, 0.2) is 34.9 Å². The molecule has 134 valence electrons. The van der Waals surface area contributed by atoms with Gasteiger partial charge in [-0.05, 0) is 44.0 Å². The molecule has 0 saturated carbocycles. The molecular formula is C19H24ClN3O2. The van der Waals surface area contributed by atoms with Gasteiger partial charge in [0.25, 0.3) is 0 Å². The first-order valence-corrected chi connectivity index (χ1v) is 9.15. The van der Waals surface area contributed by atoms with Crippen molar-refractivity contribution in [3.63, 3.8) is 0 Å². The molecule has 0 spiro atoms. The van der Waals surface area contributed by atoms with Crippen LogP contribution in [0.5, 0.6) is 0 Å². The molecule has 1 aliphatic rings. The fraction of sp³-hybridized carbons (Fsp3) is 0.474. The van der Waals surface area contributed by atoms with E-state index in [0.29, 0.717) is 12.1 Å². The van der Waals surface area contributed by atoms with E-state index in [1.54, 1.807) is 0 Å². The number of piperazine rings is 1. The summed E-state index contributed by atoms with van der Waals surface area (Å²) in [6.45, 7) is 6.32. The van der Waals surface area contributed by atoms with E-state index in [2.05, 4.69) is 16.1 Å². The van der Waals surface area contributed by atoms with E-state index in [-0.39, 0.29) is 5.91 Å². The summed E-state index contributed by atoms with van der Waals surface area (Å²) in [5, 5.41) is 4.70. The van der Waals surface area contributed by atoms with Gasteiger partial charge in [-0.3, -0.25) is 9.69 Å². The Hall–Kier alpha value is -1.85. The number of benzene rings is 1. The summed E-state index contributed by atoms with van der Waals surface area (Å²) in [6, 6.07) is 9.88. The van der Waals surface area contributed by atoms with Gasteiger partial charge >= 0.3 is 0 Å². The van der Waals surface area contributed by atoms with E-state index in [4.69, 9.17) is 16.1 Å². The Morgan fingerprint density at radius 3 is 2.72 bits per heavy atom. The first kappa shape index (κ1) is 18.0. The fourth-order valence-electron chi connectivity index (χ4n) is 3.19. The number of amides is 1. The number of rotatable bonds is 6. The highest BCUT2D eigenvalue weighted by molar-refractivity contribution is 6.30. The van der Waals surface area contributed by atoms with Crippen molar-refractivity contribution in [3.05, 3.63) is 52.4 Å². The number of carbonyl (C=O) groups is 1. The molecule has 5 nitrogen and oxygen atoms in total. The lowest BCUT2D eigenvalue weighted by molar-refractivity contribution is -0.132. The molecule has 2 heterocycles. The number of nitrogens with zero attached hydrogens (tertiary/aromatic N) is 3. The van der Waals surface area contributed by atoms with Crippen LogP contribution in [0.4, 0.5) is 0 Å². The minimum absolute atomic E-state index is 0.131. The first-order chi connectivity index (χ1) is 12.1. The predicted molar refractivity (Wildman–Crippen MR) is 97.7 cm³/mol. The third-order valence-electron chi connectivity index (χ3n) is 4.56. The lowest BCUT2D eigenvalue weighted by Crippen LogP contribution is -2.49. The highest BCUT2D eigenvalue weighted by Crippen LogP contribution is 2.13. The second-order valence-electron chi connectivity index (χ2n) is 6.56. The van der Waals surface area contributed by atoms with Gasteiger partial charge in [0.05, 0.1) is 12.1 Å². The minimum atomic E-state index is 0.131. The van der Waals surface area contributed by atoms with E-state index in [1.807, 2.05) is 36.1 Å². The van der Waals surface area contributed by atoms with Gasteiger partial charge in [0.1, 0.15) is 5.76 Å². The molecule has 0 unspecified atom stereocenters. The van der Waals surface area contributed by atoms with Crippen molar-refractivity contribution in [2.24, 2.45) is 0 Å². The normalized spacial score (nSPS) is 15.5. The standard InChI is InChI=1S/C19H24ClN3O2/c1-15-12-18(21-25-15)14-19(24)23-10-8-22(9-11-23)7-3-5-16-4-2-6-17(20)13-16/h2,4,6,12-13H,3,5,7-11,14H2,1H3. The lowest BCUT2D eigenvalue weighted by atomic mass is 10.1. The average Bonchev–Trinajstić information content (AvgIpc) is 3.00. The summed E-state index contributed by atoms with van der Waals surface area (Å²) in [4.78, 5) is 16.7. The topological polar surface area (TPSA) is 49.6 Å². The Balaban J connectivity index is 1.37. The smallest absolute Gasteiger partial charge is 0.228 e. The molecule has 0 bridgehead atoms. The Kier molecular flexibility index (Phi) is 6.10. The molecule has 0 aliphatic carbocycles. The summed E-state index contributed by atoms with van der Waals surface area (Å²) < 4.78 is 5.02. The number of aryl methyl sites for hydroxylation is 2. The second-order valence-corrected chi connectivity index (χ2v) is 7.00. The van der Waals surface area contributed by atoms with Crippen LogP contribution in [0.25, 0.3) is 0 Å². The van der Waals surface area contributed by atoms with Crippen LogP contribution >= 0.6 is 11.6 Å². The number of halogens is 1. The molecule has 0 atom stereocenters. The van der Waals surface area contributed by atoms with Gasteiger partial charge in [-0.1, -0.05) is 28.9 Å². The molecule has 1 aliphatic heterocycles. The molecule has 1 fully saturated rings.